The summed E-state index contributed by atoms with van der Waals surface area (Å²) in [5, 5.41) is 4.43. The Morgan fingerprint density at radius 3 is 2.03 bits per heavy atom. The van der Waals surface area contributed by atoms with Gasteiger partial charge in [0, 0.05) is 23.8 Å². The number of carbonyl (C=O) groups is 2. The number of rotatable bonds is 7. The molecule has 1 heterocycles. The molecular formula is C25H32N2O4Si. The van der Waals surface area contributed by atoms with Gasteiger partial charge in [-0.3, -0.25) is 4.79 Å². The van der Waals surface area contributed by atoms with Gasteiger partial charge in [0.2, 0.25) is 0 Å². The molecule has 170 valence electrons. The first-order chi connectivity index (χ1) is 15.0. The van der Waals surface area contributed by atoms with E-state index in [1.54, 1.807) is 0 Å². The van der Waals surface area contributed by atoms with Crippen LogP contribution in [-0.4, -0.2) is 44.9 Å². The first-order valence-corrected chi connectivity index (χ1v) is 13.8. The number of amides is 1. The van der Waals surface area contributed by atoms with E-state index in [-0.39, 0.29) is 10.9 Å². The number of nitrogens with one attached hydrogen (secondary N) is 1. The van der Waals surface area contributed by atoms with Crippen molar-refractivity contribution in [3.8, 4) is 0 Å². The predicted molar refractivity (Wildman–Crippen MR) is 130 cm³/mol. The number of hydrogen-bond donors (Lipinski definition) is 1. The van der Waals surface area contributed by atoms with Crippen molar-refractivity contribution in [3.63, 3.8) is 0 Å². The van der Waals surface area contributed by atoms with Crippen LogP contribution in [0.15, 0.2) is 48.5 Å². The van der Waals surface area contributed by atoms with Crippen molar-refractivity contribution < 1.29 is 18.8 Å². The van der Waals surface area contributed by atoms with Crippen LogP contribution in [0.1, 0.15) is 37.6 Å². The summed E-state index contributed by atoms with van der Waals surface area (Å²) in [5.74, 6) is -0.817. The molecule has 1 amide bonds. The minimum atomic E-state index is -1.97. The molecule has 0 aliphatic heterocycles. The minimum Gasteiger partial charge on any atom is -0.467 e. The number of hydrogen-bond acceptors (Lipinski definition) is 5. The van der Waals surface area contributed by atoms with Crippen LogP contribution < -0.4 is 5.32 Å². The Kier molecular flexibility index (Phi) is 7.00. The number of esters is 1. The number of methoxy groups -OCH3 is 1. The van der Waals surface area contributed by atoms with Crippen molar-refractivity contribution in [2.75, 3.05) is 13.7 Å². The van der Waals surface area contributed by atoms with Crippen LogP contribution in [0.25, 0.3) is 21.8 Å². The Hall–Kier alpha value is -2.77. The molecule has 0 unspecified atom stereocenters. The first kappa shape index (κ1) is 23.9. The molecule has 0 saturated heterocycles. The van der Waals surface area contributed by atoms with Crippen molar-refractivity contribution >= 4 is 42.0 Å². The number of nitrogens with zero attached hydrogens (tertiary/aromatic N) is 1. The topological polar surface area (TPSA) is 77.5 Å². The van der Waals surface area contributed by atoms with Gasteiger partial charge < -0.3 is 14.5 Å². The number of para-hydroxylation sites is 2. The summed E-state index contributed by atoms with van der Waals surface area (Å²) in [6, 6.07) is 14.2. The molecule has 1 atom stereocenters. The molecule has 0 radical (unpaired) electrons. The van der Waals surface area contributed by atoms with E-state index in [2.05, 4.69) is 44.2 Å². The molecule has 0 spiro atoms. The van der Waals surface area contributed by atoms with Gasteiger partial charge in [0.15, 0.2) is 8.32 Å². The first-order valence-electron chi connectivity index (χ1n) is 10.9. The van der Waals surface area contributed by atoms with E-state index in [1.807, 2.05) is 48.5 Å². The maximum atomic E-state index is 13.4. The highest BCUT2D eigenvalue weighted by Gasteiger charge is 2.37. The molecule has 3 rings (SSSR count). The molecule has 0 fully saturated rings. The molecule has 7 heteroatoms. The van der Waals surface area contributed by atoms with E-state index in [0.717, 1.165) is 21.8 Å². The smallest absolute Gasteiger partial charge is 0.328 e. The summed E-state index contributed by atoms with van der Waals surface area (Å²) in [4.78, 5) is 30.6. The molecule has 1 aromatic heterocycles. The van der Waals surface area contributed by atoms with E-state index in [0.29, 0.717) is 18.6 Å². The average Bonchev–Trinajstić information content (AvgIpc) is 2.75. The average molecular weight is 453 g/mol. The van der Waals surface area contributed by atoms with E-state index < -0.39 is 20.3 Å². The van der Waals surface area contributed by atoms with Crippen LogP contribution in [0.5, 0.6) is 0 Å². The van der Waals surface area contributed by atoms with Crippen molar-refractivity contribution in [2.45, 2.75) is 51.4 Å². The number of pyridine rings is 1. The molecule has 0 aliphatic carbocycles. The highest BCUT2D eigenvalue weighted by Crippen LogP contribution is 2.36. The monoisotopic (exact) mass is 452 g/mol. The quantitative estimate of drug-likeness (QED) is 0.308. The number of ether oxygens (including phenoxy) is 1. The number of benzene rings is 2. The van der Waals surface area contributed by atoms with Crippen LogP contribution >= 0.6 is 0 Å². The van der Waals surface area contributed by atoms with Gasteiger partial charge in [-0.2, -0.15) is 0 Å². The second-order valence-corrected chi connectivity index (χ2v) is 14.3. The Bertz CT molecular complexity index is 1080. The second-order valence-electron chi connectivity index (χ2n) is 9.47. The second kappa shape index (κ2) is 9.38. The van der Waals surface area contributed by atoms with Gasteiger partial charge in [-0.05, 0) is 30.3 Å². The van der Waals surface area contributed by atoms with Crippen molar-refractivity contribution in [1.29, 1.82) is 0 Å². The SMILES string of the molecule is COC(=O)[C@H](CCO[Si](C)(C)C(C)(C)C)NC(=O)c1c2ccccc2nc2ccccc12. The van der Waals surface area contributed by atoms with E-state index in [9.17, 15) is 9.59 Å². The van der Waals surface area contributed by atoms with Crippen LogP contribution in [-0.2, 0) is 14.0 Å². The Labute approximate surface area is 190 Å². The standard InChI is InChI=1S/C25H32N2O4Si/c1-25(2,3)32(5,6)31-16-15-21(24(29)30-4)27-23(28)22-17-11-7-9-13-19(17)26-20-14-10-8-12-18(20)22/h7-14,21H,15-16H2,1-6H3,(H,27,28)/t21-/m0/s1. The summed E-state index contributed by atoms with van der Waals surface area (Å²) in [5.41, 5.74) is 1.96. The Morgan fingerprint density at radius 1 is 1.00 bits per heavy atom. The van der Waals surface area contributed by atoms with Crippen molar-refractivity contribution in [2.24, 2.45) is 0 Å². The highest BCUT2D eigenvalue weighted by atomic mass is 28.4. The van der Waals surface area contributed by atoms with Gasteiger partial charge in [-0.1, -0.05) is 57.2 Å². The van der Waals surface area contributed by atoms with Gasteiger partial charge in [0.25, 0.3) is 5.91 Å². The van der Waals surface area contributed by atoms with E-state index in [1.165, 1.54) is 7.11 Å². The summed E-state index contributed by atoms with van der Waals surface area (Å²) in [6.07, 6.45) is 0.339. The summed E-state index contributed by atoms with van der Waals surface area (Å²) in [7, 11) is -0.639. The highest BCUT2D eigenvalue weighted by molar-refractivity contribution is 6.74. The number of fused-ring (bicyclic) bond motifs is 2. The Balaban J connectivity index is 1.88. The molecule has 1 N–H and O–H groups in total. The third kappa shape index (κ3) is 5.00. The molecule has 3 aromatic rings. The molecule has 6 nitrogen and oxygen atoms in total. The van der Waals surface area contributed by atoms with Crippen LogP contribution in [0, 0.1) is 0 Å². The van der Waals surface area contributed by atoms with Crippen molar-refractivity contribution in [3.05, 3.63) is 54.1 Å². The van der Waals surface area contributed by atoms with Crippen LogP contribution in [0.3, 0.4) is 0 Å². The van der Waals surface area contributed by atoms with Crippen molar-refractivity contribution in [1.82, 2.24) is 10.3 Å². The summed E-state index contributed by atoms with van der Waals surface area (Å²) in [6.45, 7) is 11.2. The normalized spacial score (nSPS) is 13.2. The van der Waals surface area contributed by atoms with Gasteiger partial charge >= 0.3 is 5.97 Å². The lowest BCUT2D eigenvalue weighted by Crippen LogP contribution is -2.45. The molecule has 0 aliphatic rings. The minimum absolute atomic E-state index is 0.0614. The largest absolute Gasteiger partial charge is 0.467 e. The maximum Gasteiger partial charge on any atom is 0.328 e. The molecule has 0 bridgehead atoms. The number of carbonyl (C=O) groups excluding carboxylic acids is 2. The van der Waals surface area contributed by atoms with E-state index >= 15 is 0 Å². The molecular weight excluding hydrogens is 420 g/mol. The molecule has 2 aromatic carbocycles. The molecule has 32 heavy (non-hydrogen) atoms. The molecule has 0 saturated carbocycles. The number of aromatic nitrogens is 1. The lowest BCUT2D eigenvalue weighted by Gasteiger charge is -2.36. The zero-order valence-electron chi connectivity index (χ0n) is 19.7. The fourth-order valence-corrected chi connectivity index (χ4v) is 4.42. The van der Waals surface area contributed by atoms with Crippen LogP contribution in [0.4, 0.5) is 0 Å². The lowest BCUT2D eigenvalue weighted by atomic mass is 10.0. The zero-order valence-corrected chi connectivity index (χ0v) is 20.7. The predicted octanol–water partition coefficient (Wildman–Crippen LogP) is 5.07. The zero-order chi connectivity index (χ0) is 23.5. The van der Waals surface area contributed by atoms with Gasteiger partial charge in [0.05, 0.1) is 23.7 Å². The Morgan fingerprint density at radius 2 is 1.53 bits per heavy atom. The van der Waals surface area contributed by atoms with Gasteiger partial charge in [-0.15, -0.1) is 0 Å². The van der Waals surface area contributed by atoms with Gasteiger partial charge in [0.1, 0.15) is 6.04 Å². The van der Waals surface area contributed by atoms with E-state index in [4.69, 9.17) is 9.16 Å². The third-order valence-electron chi connectivity index (χ3n) is 6.28. The lowest BCUT2D eigenvalue weighted by molar-refractivity contribution is -0.143. The summed E-state index contributed by atoms with van der Waals surface area (Å²) < 4.78 is 11.2. The fraction of sp³-hybridized carbons (Fsp3) is 0.400. The third-order valence-corrected chi connectivity index (χ3v) is 10.8. The van der Waals surface area contributed by atoms with Crippen LogP contribution in [0.2, 0.25) is 18.1 Å². The van der Waals surface area contributed by atoms with Gasteiger partial charge in [-0.25, -0.2) is 9.78 Å². The summed E-state index contributed by atoms with van der Waals surface area (Å²) >= 11 is 0. The fourth-order valence-electron chi connectivity index (χ4n) is 3.35. The maximum absolute atomic E-state index is 13.4.